The number of benzene rings is 3. The lowest BCUT2D eigenvalue weighted by Gasteiger charge is -2.08. The molecule has 0 radical (unpaired) electrons. The van der Waals surface area contributed by atoms with Gasteiger partial charge in [0.25, 0.3) is 0 Å². The Bertz CT molecular complexity index is 1140. The van der Waals surface area contributed by atoms with Gasteiger partial charge in [0.05, 0.1) is 6.42 Å². The number of hydrogen-bond acceptors (Lipinski definition) is 2. The number of carboxylic acids is 1. The number of para-hydroxylation sites is 1. The molecule has 29 heavy (non-hydrogen) atoms. The first-order chi connectivity index (χ1) is 14.0. The van der Waals surface area contributed by atoms with Crippen LogP contribution in [-0.4, -0.2) is 11.1 Å². The van der Waals surface area contributed by atoms with Gasteiger partial charge in [0, 0.05) is 0 Å². The molecule has 4 rings (SSSR count). The molecule has 0 saturated carbocycles. The first-order valence-corrected chi connectivity index (χ1v) is 9.28. The van der Waals surface area contributed by atoms with Crippen LogP contribution in [0.3, 0.4) is 0 Å². The first kappa shape index (κ1) is 18.7. The zero-order valence-electron chi connectivity index (χ0n) is 15.9. The van der Waals surface area contributed by atoms with E-state index in [1.165, 1.54) is 12.1 Å². The van der Waals surface area contributed by atoms with Crippen LogP contribution in [0.1, 0.15) is 30.0 Å². The topological polar surface area (TPSA) is 46.5 Å². The summed E-state index contributed by atoms with van der Waals surface area (Å²) >= 11 is 0. The van der Waals surface area contributed by atoms with Crippen molar-refractivity contribution in [3.8, 4) is 11.5 Å². The fraction of sp³-hybridized carbons (Fsp3) is 0.0800. The normalized spacial score (nSPS) is 14.2. The molecule has 0 amide bonds. The van der Waals surface area contributed by atoms with E-state index in [2.05, 4.69) is 0 Å². The lowest BCUT2D eigenvalue weighted by Crippen LogP contribution is -1.97. The van der Waals surface area contributed by atoms with Crippen molar-refractivity contribution in [1.82, 2.24) is 0 Å². The second-order valence-electron chi connectivity index (χ2n) is 6.91. The summed E-state index contributed by atoms with van der Waals surface area (Å²) in [5, 5.41) is 9.28. The third kappa shape index (κ3) is 3.97. The summed E-state index contributed by atoms with van der Waals surface area (Å²) in [7, 11) is 0. The maximum absolute atomic E-state index is 13.8. The molecule has 1 aliphatic rings. The minimum Gasteiger partial charge on any atom is -0.481 e. The van der Waals surface area contributed by atoms with Crippen LogP contribution in [0.4, 0.5) is 4.39 Å². The molecule has 0 atom stereocenters. The minimum absolute atomic E-state index is 0.142. The van der Waals surface area contributed by atoms with Gasteiger partial charge in [0.1, 0.15) is 17.3 Å². The molecule has 0 spiro atoms. The summed E-state index contributed by atoms with van der Waals surface area (Å²) in [5.41, 5.74) is 4.80. The highest BCUT2D eigenvalue weighted by Crippen LogP contribution is 2.44. The Labute approximate surface area is 168 Å². The third-order valence-electron chi connectivity index (χ3n) is 4.93. The third-order valence-corrected chi connectivity index (χ3v) is 4.93. The van der Waals surface area contributed by atoms with E-state index in [0.717, 1.165) is 28.0 Å². The Morgan fingerprint density at radius 2 is 1.72 bits per heavy atom. The van der Waals surface area contributed by atoms with E-state index in [1.807, 2.05) is 67.6 Å². The van der Waals surface area contributed by atoms with E-state index in [1.54, 1.807) is 6.07 Å². The van der Waals surface area contributed by atoms with Crippen molar-refractivity contribution in [2.45, 2.75) is 13.3 Å². The molecule has 0 unspecified atom stereocenters. The SMILES string of the molecule is CC1=C(CC(=O)O)c2cc(F)ccc2/C1=C/c1cccc(Oc2ccccc2)c1. The smallest absolute Gasteiger partial charge is 0.307 e. The van der Waals surface area contributed by atoms with Gasteiger partial charge in [0.15, 0.2) is 0 Å². The maximum atomic E-state index is 13.8. The number of ether oxygens (including phenoxy) is 1. The quantitative estimate of drug-likeness (QED) is 0.550. The predicted molar refractivity (Wildman–Crippen MR) is 112 cm³/mol. The van der Waals surface area contributed by atoms with Crippen LogP contribution in [0, 0.1) is 5.82 Å². The number of fused-ring (bicyclic) bond motifs is 1. The molecule has 144 valence electrons. The highest BCUT2D eigenvalue weighted by Gasteiger charge is 2.25. The highest BCUT2D eigenvalue weighted by atomic mass is 19.1. The van der Waals surface area contributed by atoms with Crippen molar-refractivity contribution in [3.05, 3.63) is 101 Å². The van der Waals surface area contributed by atoms with E-state index in [9.17, 15) is 14.3 Å². The van der Waals surface area contributed by atoms with E-state index in [0.29, 0.717) is 16.9 Å². The summed E-state index contributed by atoms with van der Waals surface area (Å²) in [6.07, 6.45) is 1.84. The predicted octanol–water partition coefficient (Wildman–Crippen LogP) is 6.42. The molecule has 3 nitrogen and oxygen atoms in total. The van der Waals surface area contributed by atoms with Crippen LogP contribution in [0.15, 0.2) is 78.4 Å². The molecule has 1 aliphatic carbocycles. The van der Waals surface area contributed by atoms with E-state index in [-0.39, 0.29) is 12.2 Å². The Morgan fingerprint density at radius 1 is 0.966 bits per heavy atom. The summed E-state index contributed by atoms with van der Waals surface area (Å²) in [6, 6.07) is 21.7. The Morgan fingerprint density at radius 3 is 2.48 bits per heavy atom. The molecule has 0 bridgehead atoms. The van der Waals surface area contributed by atoms with Gasteiger partial charge in [-0.2, -0.15) is 0 Å². The average molecular weight is 386 g/mol. The number of aliphatic carboxylic acids is 1. The van der Waals surface area contributed by atoms with Gasteiger partial charge in [-0.3, -0.25) is 4.79 Å². The number of rotatable bonds is 5. The van der Waals surface area contributed by atoms with E-state index < -0.39 is 5.97 Å². The lowest BCUT2D eigenvalue weighted by atomic mass is 10.0. The van der Waals surface area contributed by atoms with Crippen molar-refractivity contribution in [3.63, 3.8) is 0 Å². The van der Waals surface area contributed by atoms with Gasteiger partial charge >= 0.3 is 5.97 Å². The van der Waals surface area contributed by atoms with Crippen LogP contribution in [0.25, 0.3) is 17.2 Å². The van der Waals surface area contributed by atoms with Gasteiger partial charge in [-0.15, -0.1) is 0 Å². The fourth-order valence-corrected chi connectivity index (χ4v) is 3.59. The zero-order valence-corrected chi connectivity index (χ0v) is 15.9. The molecule has 1 N–H and O–H groups in total. The molecular formula is C25H19FO3. The van der Waals surface area contributed by atoms with Crippen LogP contribution >= 0.6 is 0 Å². The number of allylic oxidation sites excluding steroid dienone is 2. The summed E-state index contributed by atoms with van der Waals surface area (Å²) < 4.78 is 19.7. The van der Waals surface area contributed by atoms with Crippen LogP contribution in [0.2, 0.25) is 0 Å². The number of hydrogen-bond donors (Lipinski definition) is 1. The van der Waals surface area contributed by atoms with Crippen molar-refractivity contribution < 1.29 is 19.0 Å². The van der Waals surface area contributed by atoms with Crippen molar-refractivity contribution in [2.75, 3.05) is 0 Å². The zero-order chi connectivity index (χ0) is 20.4. The summed E-state index contributed by atoms with van der Waals surface area (Å²) in [5.74, 6) is 0.141. The summed E-state index contributed by atoms with van der Waals surface area (Å²) in [4.78, 5) is 11.3. The Balaban J connectivity index is 1.73. The standard InChI is InChI=1S/C25H19FO3/c1-16-22(21-11-10-18(26)14-24(21)23(16)15-25(27)28)13-17-6-5-9-20(12-17)29-19-7-3-2-4-8-19/h2-14H,15H2,1H3,(H,27,28)/b22-13+. The summed E-state index contributed by atoms with van der Waals surface area (Å²) in [6.45, 7) is 1.88. The van der Waals surface area contributed by atoms with Crippen molar-refractivity contribution in [1.29, 1.82) is 0 Å². The van der Waals surface area contributed by atoms with Gasteiger partial charge < -0.3 is 9.84 Å². The molecule has 0 saturated heterocycles. The van der Waals surface area contributed by atoms with Gasteiger partial charge in [-0.05, 0) is 82.8 Å². The Hall–Kier alpha value is -3.66. The number of halogens is 1. The Kier molecular flexibility index (Phi) is 5.00. The van der Waals surface area contributed by atoms with E-state index in [4.69, 9.17) is 4.74 Å². The number of carboxylic acid groups (broad SMARTS) is 1. The van der Waals surface area contributed by atoms with Crippen LogP contribution < -0.4 is 4.74 Å². The molecule has 0 heterocycles. The largest absolute Gasteiger partial charge is 0.481 e. The van der Waals surface area contributed by atoms with Gasteiger partial charge in [-0.1, -0.05) is 36.4 Å². The van der Waals surface area contributed by atoms with Gasteiger partial charge in [-0.25, -0.2) is 4.39 Å². The molecule has 3 aromatic rings. The molecule has 0 aliphatic heterocycles. The second kappa shape index (κ2) is 7.76. The highest BCUT2D eigenvalue weighted by molar-refractivity contribution is 6.07. The molecule has 3 aromatic carbocycles. The monoisotopic (exact) mass is 386 g/mol. The minimum atomic E-state index is -0.936. The second-order valence-corrected chi connectivity index (χ2v) is 6.91. The molecule has 4 heteroatoms. The maximum Gasteiger partial charge on any atom is 0.307 e. The van der Waals surface area contributed by atoms with Gasteiger partial charge in [0.2, 0.25) is 0 Å². The fourth-order valence-electron chi connectivity index (χ4n) is 3.59. The van der Waals surface area contributed by atoms with Crippen molar-refractivity contribution in [2.24, 2.45) is 0 Å². The molecule has 0 aromatic heterocycles. The van der Waals surface area contributed by atoms with Crippen LogP contribution in [-0.2, 0) is 4.79 Å². The van der Waals surface area contributed by atoms with E-state index >= 15 is 0 Å². The number of carbonyl (C=O) groups is 1. The lowest BCUT2D eigenvalue weighted by molar-refractivity contribution is -0.135. The first-order valence-electron chi connectivity index (χ1n) is 9.28. The van der Waals surface area contributed by atoms with Crippen LogP contribution in [0.5, 0.6) is 11.5 Å². The molecular weight excluding hydrogens is 367 g/mol. The molecule has 0 fully saturated rings. The average Bonchev–Trinajstić information content (AvgIpc) is 2.94. The van der Waals surface area contributed by atoms with Crippen molar-refractivity contribution >= 4 is 23.2 Å².